The van der Waals surface area contributed by atoms with Crippen molar-refractivity contribution in [3.05, 3.63) is 6.33 Å². The van der Waals surface area contributed by atoms with Crippen LogP contribution in [0.4, 0.5) is 11.8 Å². The summed E-state index contributed by atoms with van der Waals surface area (Å²) in [5.74, 6) is 0.405. The van der Waals surface area contributed by atoms with Crippen molar-refractivity contribution in [3.63, 3.8) is 0 Å². The van der Waals surface area contributed by atoms with E-state index in [1.807, 2.05) is 0 Å². The van der Waals surface area contributed by atoms with Crippen LogP contribution in [-0.2, 0) is 23.9 Å². The zero-order valence-electron chi connectivity index (χ0n) is 18.1. The summed E-state index contributed by atoms with van der Waals surface area (Å²) in [4.78, 5) is 58.8. The third-order valence-electron chi connectivity index (χ3n) is 4.87. The summed E-state index contributed by atoms with van der Waals surface area (Å²) in [7, 11) is 0. The molecule has 2 aromatic rings. The number of terminal acetylenes is 1. The number of nitrogens with one attached hydrogen (secondary N) is 2. The number of rotatable bonds is 7. The van der Waals surface area contributed by atoms with Gasteiger partial charge in [-0.25, -0.2) is 4.98 Å². The number of carboxylic acids is 1. The number of carbonyl (C=O) groups is 4. The van der Waals surface area contributed by atoms with Gasteiger partial charge in [-0.2, -0.15) is 9.97 Å². The first-order chi connectivity index (χ1) is 15.5. The van der Waals surface area contributed by atoms with Gasteiger partial charge in [-0.15, -0.1) is 18.2 Å². The molecule has 0 aliphatic carbocycles. The maximum absolute atomic E-state index is 11.8. The van der Waals surface area contributed by atoms with Crippen molar-refractivity contribution in [2.45, 2.75) is 56.3 Å². The Balaban J connectivity index is 2.06. The number of fused-ring (bicyclic) bond motifs is 1. The molecule has 1 unspecified atom stereocenters. The zero-order chi connectivity index (χ0) is 24.3. The van der Waals surface area contributed by atoms with Crippen molar-refractivity contribution in [2.24, 2.45) is 0 Å². The molecule has 1 saturated heterocycles. The first-order valence-electron chi connectivity index (χ1n) is 9.89. The van der Waals surface area contributed by atoms with Gasteiger partial charge >= 0.3 is 11.9 Å². The molecule has 0 aromatic carbocycles. The smallest absolute Gasteiger partial charge is 0.303 e. The van der Waals surface area contributed by atoms with Gasteiger partial charge in [0.05, 0.1) is 11.7 Å². The molecule has 1 fully saturated rings. The highest BCUT2D eigenvalue weighted by Crippen LogP contribution is 2.53. The van der Waals surface area contributed by atoms with Crippen LogP contribution in [0.5, 0.6) is 0 Å². The Morgan fingerprint density at radius 2 is 1.97 bits per heavy atom. The molecule has 13 heteroatoms. The van der Waals surface area contributed by atoms with E-state index in [1.165, 1.54) is 38.9 Å². The van der Waals surface area contributed by atoms with Gasteiger partial charge < -0.3 is 19.7 Å². The Morgan fingerprint density at radius 1 is 1.27 bits per heavy atom. The van der Waals surface area contributed by atoms with Crippen LogP contribution in [0.2, 0.25) is 0 Å². The average Bonchev–Trinajstić information content (AvgIpc) is 3.27. The van der Waals surface area contributed by atoms with Crippen molar-refractivity contribution in [1.82, 2.24) is 19.5 Å². The summed E-state index contributed by atoms with van der Waals surface area (Å²) in [6.45, 7) is 3.86. The van der Waals surface area contributed by atoms with E-state index in [9.17, 15) is 19.2 Å². The van der Waals surface area contributed by atoms with Crippen molar-refractivity contribution < 1.29 is 29.0 Å². The topological polar surface area (TPSA) is 165 Å². The molecule has 2 amide bonds. The quantitative estimate of drug-likeness (QED) is 0.396. The van der Waals surface area contributed by atoms with Gasteiger partial charge in [-0.05, 0) is 6.42 Å². The SMILES string of the molecule is C#C[C@@]1(CCC(=O)O)SC(n2cnc3nc(NC(C)=O)nc(NC(C)=O)c32)C[C@@H]1OC(C)=O. The monoisotopic (exact) mass is 474 g/mol. The van der Waals surface area contributed by atoms with Gasteiger partial charge in [0.25, 0.3) is 0 Å². The lowest BCUT2D eigenvalue weighted by molar-refractivity contribution is -0.147. The van der Waals surface area contributed by atoms with Crippen LogP contribution in [0.1, 0.15) is 45.4 Å². The molecule has 3 heterocycles. The van der Waals surface area contributed by atoms with Gasteiger partial charge in [-0.1, -0.05) is 5.92 Å². The highest BCUT2D eigenvalue weighted by molar-refractivity contribution is 8.01. The number of esters is 1. The minimum atomic E-state index is -1.07. The molecule has 1 aliphatic heterocycles. The third kappa shape index (κ3) is 5.23. The number of aromatic nitrogens is 4. The van der Waals surface area contributed by atoms with Crippen molar-refractivity contribution >= 4 is 58.4 Å². The summed E-state index contributed by atoms with van der Waals surface area (Å²) < 4.78 is 6.09. The molecule has 3 atom stereocenters. The van der Waals surface area contributed by atoms with Crippen LogP contribution in [0.25, 0.3) is 11.2 Å². The standard InChI is InChI=1S/C20H22N6O6S/c1-5-20(7-6-15(30)31)13(32-12(4)29)8-14(33-20)26-9-21-17-16(26)18(22-10(2)27)25-19(24-17)23-11(3)28/h1,9,13-14H,6-8H2,2-4H3,(H,30,31)(H2,22,23,24,25,27,28)/t13-,14?,20-/m0/s1. The van der Waals surface area contributed by atoms with Gasteiger partial charge in [0.2, 0.25) is 17.8 Å². The number of carbonyl (C=O) groups excluding carboxylic acids is 3. The molecule has 1 aliphatic rings. The van der Waals surface area contributed by atoms with Crippen LogP contribution in [0.15, 0.2) is 6.33 Å². The second-order valence-corrected chi connectivity index (χ2v) is 8.92. The number of ether oxygens (including phenoxy) is 1. The molecule has 0 radical (unpaired) electrons. The highest BCUT2D eigenvalue weighted by atomic mass is 32.2. The van der Waals surface area contributed by atoms with E-state index in [2.05, 4.69) is 31.5 Å². The van der Waals surface area contributed by atoms with Crippen molar-refractivity contribution in [3.8, 4) is 12.3 Å². The predicted molar refractivity (Wildman–Crippen MR) is 119 cm³/mol. The lowest BCUT2D eigenvalue weighted by atomic mass is 9.94. The molecule has 0 saturated carbocycles. The van der Waals surface area contributed by atoms with Crippen molar-refractivity contribution in [1.29, 1.82) is 0 Å². The Hall–Kier alpha value is -3.66. The number of carboxylic acid groups (broad SMARTS) is 1. The second kappa shape index (κ2) is 9.45. The number of imidazole rings is 1. The lowest BCUT2D eigenvalue weighted by Crippen LogP contribution is -2.37. The summed E-state index contributed by atoms with van der Waals surface area (Å²) >= 11 is 1.27. The van der Waals surface area contributed by atoms with E-state index in [1.54, 1.807) is 4.57 Å². The summed E-state index contributed by atoms with van der Waals surface area (Å²) in [5.41, 5.74) is 0.593. The molecular weight excluding hydrogens is 452 g/mol. The predicted octanol–water partition coefficient (Wildman–Crippen LogP) is 1.55. The molecule has 0 bridgehead atoms. The van der Waals surface area contributed by atoms with E-state index < -0.39 is 40.0 Å². The number of nitrogens with zero attached hydrogens (tertiary/aromatic N) is 4. The van der Waals surface area contributed by atoms with E-state index >= 15 is 0 Å². The first-order valence-corrected chi connectivity index (χ1v) is 10.8. The Labute approximate surface area is 192 Å². The fraction of sp³-hybridized carbons (Fsp3) is 0.450. The summed E-state index contributed by atoms with van der Waals surface area (Å²) in [6, 6.07) is 0. The fourth-order valence-electron chi connectivity index (χ4n) is 3.60. The molecule has 174 valence electrons. The fourth-order valence-corrected chi connectivity index (χ4v) is 5.21. The molecular formula is C20H22N6O6S. The number of hydrogen-bond acceptors (Lipinski definition) is 9. The Bertz CT molecular complexity index is 1170. The minimum absolute atomic E-state index is 0.0275. The van der Waals surface area contributed by atoms with E-state index in [0.717, 1.165) is 0 Å². The van der Waals surface area contributed by atoms with Crippen LogP contribution in [0, 0.1) is 12.3 Å². The third-order valence-corrected chi connectivity index (χ3v) is 6.56. The van der Waals surface area contributed by atoms with Gasteiger partial charge in [0.1, 0.15) is 16.4 Å². The molecule has 33 heavy (non-hydrogen) atoms. The molecule has 2 aromatic heterocycles. The highest BCUT2D eigenvalue weighted by Gasteiger charge is 2.50. The molecule has 3 N–H and O–H groups in total. The first kappa shape index (κ1) is 24.0. The maximum Gasteiger partial charge on any atom is 0.303 e. The van der Waals surface area contributed by atoms with Gasteiger partial charge in [0.15, 0.2) is 11.5 Å². The molecule has 3 rings (SSSR count). The van der Waals surface area contributed by atoms with Crippen LogP contribution < -0.4 is 10.6 Å². The summed E-state index contributed by atoms with van der Waals surface area (Å²) in [6.07, 6.45) is 6.71. The van der Waals surface area contributed by atoms with Gasteiger partial charge in [-0.3, -0.25) is 24.5 Å². The van der Waals surface area contributed by atoms with Gasteiger partial charge in [0, 0.05) is 33.6 Å². The van der Waals surface area contributed by atoms with Crippen LogP contribution >= 0.6 is 11.8 Å². The molecule has 0 spiro atoms. The largest absolute Gasteiger partial charge is 0.481 e. The number of aliphatic carboxylic acids is 1. The van der Waals surface area contributed by atoms with E-state index in [0.29, 0.717) is 5.52 Å². The maximum atomic E-state index is 11.8. The number of anilines is 2. The summed E-state index contributed by atoms with van der Waals surface area (Å²) in [5, 5.41) is 13.8. The normalized spacial score (nSPS) is 21.9. The van der Waals surface area contributed by atoms with Crippen LogP contribution in [-0.4, -0.2) is 59.2 Å². The number of amides is 2. The average molecular weight is 474 g/mol. The van der Waals surface area contributed by atoms with Crippen LogP contribution in [0.3, 0.4) is 0 Å². The number of thioether (sulfide) groups is 1. The second-order valence-electron chi connectivity index (χ2n) is 7.42. The zero-order valence-corrected chi connectivity index (χ0v) is 18.9. The lowest BCUT2D eigenvalue weighted by Gasteiger charge is -2.28. The minimum Gasteiger partial charge on any atom is -0.481 e. The molecule has 12 nitrogen and oxygen atoms in total. The Kier molecular flexibility index (Phi) is 6.87. The Morgan fingerprint density at radius 3 is 2.55 bits per heavy atom. The number of hydrogen-bond donors (Lipinski definition) is 3. The van der Waals surface area contributed by atoms with E-state index in [4.69, 9.17) is 16.3 Å². The van der Waals surface area contributed by atoms with E-state index in [-0.39, 0.29) is 36.7 Å². The van der Waals surface area contributed by atoms with Crippen molar-refractivity contribution in [2.75, 3.05) is 10.6 Å².